The van der Waals surface area contributed by atoms with Gasteiger partial charge in [-0.25, -0.2) is 4.79 Å². The van der Waals surface area contributed by atoms with Crippen LogP contribution in [-0.2, 0) is 20.9 Å². The summed E-state index contributed by atoms with van der Waals surface area (Å²) >= 11 is 0. The number of carbonyl (C=O) groups is 1. The lowest BCUT2D eigenvalue weighted by Crippen LogP contribution is -2.60. The molecule has 1 heterocycles. The summed E-state index contributed by atoms with van der Waals surface area (Å²) in [6, 6.07) is 6.14. The molecule has 1 fully saturated rings. The second kappa shape index (κ2) is 9.81. The van der Waals surface area contributed by atoms with Crippen molar-refractivity contribution in [2.24, 2.45) is 0 Å². The van der Waals surface area contributed by atoms with E-state index in [9.17, 15) is 35.4 Å². The second-order valence-corrected chi connectivity index (χ2v) is 7.18. The third-order valence-corrected chi connectivity index (χ3v) is 4.93. The molecule has 0 aliphatic carbocycles. The summed E-state index contributed by atoms with van der Waals surface area (Å²) in [5, 5.41) is 58.4. The Balaban J connectivity index is 1.92. The lowest BCUT2D eigenvalue weighted by atomic mass is 9.96. The molecular weight excluding hydrogens is 388 g/mol. The zero-order valence-corrected chi connectivity index (χ0v) is 16.2. The van der Waals surface area contributed by atoms with Gasteiger partial charge in [-0.2, -0.15) is 0 Å². The lowest BCUT2D eigenvalue weighted by molar-refractivity contribution is -0.277. The quantitative estimate of drug-likeness (QED) is 0.273. The fraction of sp³-hybridized carbons (Fsp3) is 0.632. The minimum Gasteiger partial charge on any atom is -0.462 e. The van der Waals surface area contributed by atoms with E-state index in [0.29, 0.717) is 5.56 Å². The van der Waals surface area contributed by atoms with Crippen molar-refractivity contribution < 1.29 is 49.6 Å². The monoisotopic (exact) mass is 416 g/mol. The van der Waals surface area contributed by atoms with E-state index >= 15 is 0 Å². The fourth-order valence-corrected chi connectivity index (χ4v) is 2.64. The zero-order valence-electron chi connectivity index (χ0n) is 16.2. The average molecular weight is 416 g/mol. The smallest absolute Gasteiger partial charge is 0.338 e. The van der Waals surface area contributed by atoms with Crippen LogP contribution in [0, 0.1) is 0 Å². The molecule has 7 atom stereocenters. The first-order valence-corrected chi connectivity index (χ1v) is 9.24. The van der Waals surface area contributed by atoms with E-state index in [1.54, 1.807) is 19.1 Å². The highest BCUT2D eigenvalue weighted by Crippen LogP contribution is 2.24. The number of carbonyl (C=O) groups excluding carboxylic acids is 1. The van der Waals surface area contributed by atoms with Gasteiger partial charge in [0.2, 0.25) is 6.29 Å². The van der Waals surface area contributed by atoms with Gasteiger partial charge in [-0.05, 0) is 31.0 Å². The van der Waals surface area contributed by atoms with E-state index in [1.807, 2.05) is 0 Å². The van der Waals surface area contributed by atoms with Gasteiger partial charge in [0.1, 0.15) is 36.8 Å². The van der Waals surface area contributed by atoms with E-state index in [0.717, 1.165) is 0 Å². The van der Waals surface area contributed by atoms with Crippen LogP contribution in [0.3, 0.4) is 0 Å². The molecule has 1 aliphatic rings. The van der Waals surface area contributed by atoms with Crippen LogP contribution < -0.4 is 4.74 Å². The summed E-state index contributed by atoms with van der Waals surface area (Å²) < 4.78 is 15.7. The van der Waals surface area contributed by atoms with Crippen molar-refractivity contribution >= 4 is 5.97 Å². The molecule has 1 saturated heterocycles. The van der Waals surface area contributed by atoms with Gasteiger partial charge in [0.15, 0.2) is 6.10 Å². The maximum Gasteiger partial charge on any atom is 0.338 e. The molecule has 10 heteroatoms. The molecule has 0 radical (unpaired) electrons. The summed E-state index contributed by atoms with van der Waals surface area (Å²) in [6.45, 7) is 2.26. The molecule has 6 N–H and O–H groups in total. The molecular formula is C19H28O10. The van der Waals surface area contributed by atoms with Crippen molar-refractivity contribution in [2.75, 3.05) is 6.61 Å². The van der Waals surface area contributed by atoms with Gasteiger partial charge in [0.05, 0.1) is 12.2 Å². The van der Waals surface area contributed by atoms with Crippen LogP contribution in [0.1, 0.15) is 25.8 Å². The minimum atomic E-state index is -1.67. The Morgan fingerprint density at radius 1 is 1.17 bits per heavy atom. The molecule has 0 aromatic heterocycles. The number of benzene rings is 1. The van der Waals surface area contributed by atoms with Gasteiger partial charge in [0.25, 0.3) is 0 Å². The molecule has 2 unspecified atom stereocenters. The zero-order chi connectivity index (χ0) is 21.8. The van der Waals surface area contributed by atoms with Crippen molar-refractivity contribution in [1.29, 1.82) is 0 Å². The minimum absolute atomic E-state index is 0.143. The Morgan fingerprint density at radius 2 is 1.79 bits per heavy atom. The topological polar surface area (TPSA) is 166 Å². The van der Waals surface area contributed by atoms with Crippen LogP contribution in [0.4, 0.5) is 0 Å². The number of aliphatic hydroxyl groups is 6. The van der Waals surface area contributed by atoms with Crippen LogP contribution in [-0.4, -0.2) is 85.6 Å². The molecule has 164 valence electrons. The molecule has 29 heavy (non-hydrogen) atoms. The number of aliphatic hydroxyl groups excluding tert-OH is 5. The predicted octanol–water partition coefficient (Wildman–Crippen LogP) is -1.57. The molecule has 0 saturated carbocycles. The molecule has 2 rings (SSSR count). The van der Waals surface area contributed by atoms with Gasteiger partial charge in [-0.1, -0.05) is 19.1 Å². The van der Waals surface area contributed by atoms with E-state index in [-0.39, 0.29) is 18.8 Å². The standard InChI is InChI=1S/C19H28O10/c1-3-19(2,26)16(24)17(25)27-9-10-4-6-11(7-5-10)28-18-15(23)14(22)13(21)12(8-20)29-18/h4-7,12-16,18,20-24,26H,3,8-9H2,1-2H3/t12-,13-,14+,15-,16?,18-,19?/m1/s1. The number of ether oxygens (including phenoxy) is 3. The first-order valence-electron chi connectivity index (χ1n) is 9.24. The average Bonchev–Trinajstić information content (AvgIpc) is 2.72. The molecule has 1 aromatic rings. The van der Waals surface area contributed by atoms with Gasteiger partial charge in [-0.15, -0.1) is 0 Å². The summed E-state index contributed by atoms with van der Waals surface area (Å²) in [6.07, 6.45) is -8.42. The van der Waals surface area contributed by atoms with Crippen LogP contribution in [0.5, 0.6) is 5.75 Å². The van der Waals surface area contributed by atoms with Gasteiger partial charge < -0.3 is 44.8 Å². The summed E-state index contributed by atoms with van der Waals surface area (Å²) in [7, 11) is 0. The summed E-state index contributed by atoms with van der Waals surface area (Å²) in [4.78, 5) is 11.8. The Morgan fingerprint density at radius 3 is 2.34 bits per heavy atom. The number of hydrogen-bond acceptors (Lipinski definition) is 10. The number of hydrogen-bond donors (Lipinski definition) is 6. The largest absolute Gasteiger partial charge is 0.462 e. The van der Waals surface area contributed by atoms with Crippen molar-refractivity contribution in [3.63, 3.8) is 0 Å². The summed E-state index contributed by atoms with van der Waals surface area (Å²) in [5.74, 6) is -0.683. The Hall–Kier alpha value is -1.79. The van der Waals surface area contributed by atoms with Crippen LogP contribution >= 0.6 is 0 Å². The molecule has 10 nitrogen and oxygen atoms in total. The summed E-state index contributed by atoms with van der Waals surface area (Å²) in [5.41, 5.74) is -1.01. The van der Waals surface area contributed by atoms with Crippen molar-refractivity contribution in [1.82, 2.24) is 0 Å². The highest BCUT2D eigenvalue weighted by atomic mass is 16.7. The van der Waals surface area contributed by atoms with Crippen molar-refractivity contribution in [3.05, 3.63) is 29.8 Å². The lowest BCUT2D eigenvalue weighted by Gasteiger charge is -2.39. The first kappa shape index (κ1) is 23.5. The van der Waals surface area contributed by atoms with Crippen molar-refractivity contribution in [2.45, 2.75) is 69.3 Å². The molecule has 1 aromatic carbocycles. The van der Waals surface area contributed by atoms with Gasteiger partial charge in [-0.3, -0.25) is 0 Å². The number of esters is 1. The van der Waals surface area contributed by atoms with Crippen LogP contribution in [0.25, 0.3) is 0 Å². The Bertz CT molecular complexity index is 659. The Labute approximate surface area is 167 Å². The predicted molar refractivity (Wildman–Crippen MR) is 97.6 cm³/mol. The van der Waals surface area contributed by atoms with E-state index < -0.39 is 55.0 Å². The molecule has 0 amide bonds. The second-order valence-electron chi connectivity index (χ2n) is 7.18. The fourth-order valence-electron chi connectivity index (χ4n) is 2.64. The highest BCUT2D eigenvalue weighted by molar-refractivity contribution is 5.75. The third-order valence-electron chi connectivity index (χ3n) is 4.93. The first-order chi connectivity index (χ1) is 13.6. The van der Waals surface area contributed by atoms with E-state index in [4.69, 9.17) is 14.2 Å². The highest BCUT2D eigenvalue weighted by Gasteiger charge is 2.44. The normalized spacial score (nSPS) is 30.3. The van der Waals surface area contributed by atoms with Crippen LogP contribution in [0.15, 0.2) is 24.3 Å². The molecule has 1 aliphatic heterocycles. The maximum absolute atomic E-state index is 11.8. The van der Waals surface area contributed by atoms with Crippen LogP contribution in [0.2, 0.25) is 0 Å². The van der Waals surface area contributed by atoms with Gasteiger partial charge in [0, 0.05) is 0 Å². The maximum atomic E-state index is 11.8. The SMILES string of the molecule is CCC(C)(O)C(O)C(=O)OCc1ccc(O[C@@H]2O[C@H](CO)[C@@H](O)[C@H](O)[C@H]2O)cc1. The van der Waals surface area contributed by atoms with Gasteiger partial charge >= 0.3 is 5.97 Å². The number of rotatable bonds is 8. The third kappa shape index (κ3) is 5.64. The van der Waals surface area contributed by atoms with E-state index in [1.165, 1.54) is 19.1 Å². The molecule has 0 bridgehead atoms. The molecule has 0 spiro atoms. The van der Waals surface area contributed by atoms with E-state index in [2.05, 4.69) is 0 Å². The van der Waals surface area contributed by atoms with Crippen molar-refractivity contribution in [3.8, 4) is 5.75 Å². The Kier molecular flexibility index (Phi) is 7.94.